The second-order valence-corrected chi connectivity index (χ2v) is 5.84. The number of esters is 1. The summed E-state index contributed by atoms with van der Waals surface area (Å²) in [4.78, 5) is 25.2. The van der Waals surface area contributed by atoms with Crippen LogP contribution in [0.2, 0.25) is 0 Å². The van der Waals surface area contributed by atoms with Crippen LogP contribution in [0.15, 0.2) is 16.2 Å². The molecule has 23 heavy (non-hydrogen) atoms. The third kappa shape index (κ3) is 1.75. The number of carbonyl (C=O) groups excluding carboxylic acids is 1. The van der Waals surface area contributed by atoms with Gasteiger partial charge in [-0.1, -0.05) is 0 Å². The molecule has 3 heterocycles. The highest BCUT2D eigenvalue weighted by Gasteiger charge is 2.29. The molecule has 3 aromatic rings. The minimum Gasteiger partial charge on any atom is -0.482 e. The zero-order chi connectivity index (χ0) is 16.3. The van der Waals surface area contributed by atoms with Crippen LogP contribution in [0.3, 0.4) is 0 Å². The molecular weight excluding hydrogens is 328 g/mol. The van der Waals surface area contributed by atoms with Crippen LogP contribution in [0.1, 0.15) is 23.0 Å². The van der Waals surface area contributed by atoms with Gasteiger partial charge in [0.2, 0.25) is 11.2 Å². The van der Waals surface area contributed by atoms with E-state index in [1.165, 1.54) is 0 Å². The Hall–Kier alpha value is -2.48. The average molecular weight is 337 g/mol. The van der Waals surface area contributed by atoms with Crippen LogP contribution in [0, 0.1) is 11.6 Å². The molecule has 5 nitrogen and oxygen atoms in total. The summed E-state index contributed by atoms with van der Waals surface area (Å²) < 4.78 is 39.6. The highest BCUT2D eigenvalue weighted by molar-refractivity contribution is 7.16. The summed E-state index contributed by atoms with van der Waals surface area (Å²) in [5, 5.41) is 1.60. The van der Waals surface area contributed by atoms with Crippen molar-refractivity contribution in [2.45, 2.75) is 13.5 Å². The maximum Gasteiger partial charge on any atom is 0.345 e. The largest absolute Gasteiger partial charge is 0.482 e. The number of halogens is 2. The van der Waals surface area contributed by atoms with E-state index in [0.29, 0.717) is 10.5 Å². The van der Waals surface area contributed by atoms with Gasteiger partial charge >= 0.3 is 5.97 Å². The van der Waals surface area contributed by atoms with Crippen molar-refractivity contribution in [2.24, 2.45) is 0 Å². The first-order chi connectivity index (χ1) is 11.0. The molecule has 0 radical (unpaired) electrons. The summed E-state index contributed by atoms with van der Waals surface area (Å²) in [7, 11) is 0. The van der Waals surface area contributed by atoms with Crippen LogP contribution in [0.4, 0.5) is 8.78 Å². The van der Waals surface area contributed by atoms with Gasteiger partial charge in [0.1, 0.15) is 22.5 Å². The number of rotatable bonds is 2. The van der Waals surface area contributed by atoms with Gasteiger partial charge in [-0.25, -0.2) is 9.18 Å². The topological polar surface area (TPSA) is 57.0 Å². The van der Waals surface area contributed by atoms with E-state index in [1.807, 2.05) is 0 Å². The number of thiazole rings is 1. The van der Waals surface area contributed by atoms with Crippen molar-refractivity contribution in [3.63, 3.8) is 0 Å². The van der Waals surface area contributed by atoms with Crippen molar-refractivity contribution in [2.75, 3.05) is 6.61 Å². The Bertz CT molecular complexity index is 1050. The number of carbonyl (C=O) groups is 1. The monoisotopic (exact) mass is 337 g/mol. The summed E-state index contributed by atoms with van der Waals surface area (Å²) >= 11 is 1.16. The zero-order valence-electron chi connectivity index (χ0n) is 11.8. The Labute approximate surface area is 131 Å². The van der Waals surface area contributed by atoms with Crippen LogP contribution in [-0.2, 0) is 11.3 Å². The number of benzene rings is 1. The van der Waals surface area contributed by atoms with Crippen LogP contribution in [0.25, 0.3) is 15.7 Å². The molecule has 0 atom stereocenters. The van der Waals surface area contributed by atoms with Gasteiger partial charge in [-0.3, -0.25) is 9.20 Å². The molecule has 0 N–H and O–H groups in total. The summed E-state index contributed by atoms with van der Waals surface area (Å²) in [6, 6.07) is 0.793. The molecule has 2 aromatic heterocycles. The van der Waals surface area contributed by atoms with Gasteiger partial charge in [0.05, 0.1) is 17.7 Å². The summed E-state index contributed by atoms with van der Waals surface area (Å²) in [5.41, 5.74) is -0.0783. The van der Waals surface area contributed by atoms with E-state index in [-0.39, 0.29) is 35.4 Å². The van der Waals surface area contributed by atoms with Gasteiger partial charge in [0.25, 0.3) is 0 Å². The van der Waals surface area contributed by atoms with Crippen LogP contribution < -0.4 is 10.2 Å². The lowest BCUT2D eigenvalue weighted by Gasteiger charge is -2.19. The quantitative estimate of drug-likeness (QED) is 0.675. The molecule has 0 saturated heterocycles. The lowest BCUT2D eigenvalue weighted by atomic mass is 10.1. The predicted octanol–water partition coefficient (Wildman–Crippen LogP) is 2.86. The minimum atomic E-state index is -1.20. The fraction of sp³-hybridized carbons (Fsp3) is 0.200. The van der Waals surface area contributed by atoms with Gasteiger partial charge in [0, 0.05) is 5.38 Å². The molecule has 0 spiro atoms. The zero-order valence-corrected chi connectivity index (χ0v) is 12.6. The Kier molecular flexibility index (Phi) is 2.92. The molecule has 0 saturated carbocycles. The van der Waals surface area contributed by atoms with E-state index in [9.17, 15) is 18.4 Å². The molecule has 118 valence electrons. The molecule has 0 unspecified atom stereocenters. The molecule has 0 fully saturated rings. The van der Waals surface area contributed by atoms with Gasteiger partial charge in [-0.15, -0.1) is 11.3 Å². The number of pyridine rings is 1. The van der Waals surface area contributed by atoms with Crippen LogP contribution >= 0.6 is 11.3 Å². The van der Waals surface area contributed by atoms with Crippen molar-refractivity contribution in [1.29, 1.82) is 0 Å². The number of nitrogens with zero attached hydrogens (tertiary/aromatic N) is 1. The highest BCUT2D eigenvalue weighted by atomic mass is 32.1. The van der Waals surface area contributed by atoms with Crippen molar-refractivity contribution in [3.05, 3.63) is 44.6 Å². The first kappa shape index (κ1) is 14.1. The second kappa shape index (κ2) is 4.76. The molecular formula is C15H9F2NO4S. The van der Waals surface area contributed by atoms with E-state index < -0.39 is 23.0 Å². The third-order valence-electron chi connectivity index (χ3n) is 3.70. The van der Waals surface area contributed by atoms with Gasteiger partial charge in [-0.2, -0.15) is 4.39 Å². The lowest BCUT2D eigenvalue weighted by molar-refractivity contribution is 0.0527. The Morgan fingerprint density at radius 1 is 1.48 bits per heavy atom. The van der Waals surface area contributed by atoms with Gasteiger partial charge in [0.15, 0.2) is 11.6 Å². The van der Waals surface area contributed by atoms with Gasteiger partial charge < -0.3 is 9.47 Å². The standard InChI is InChI=1S/C15H9F2NO4S/c1-2-21-15(20)9-12(19)7-3-8(16)10(17)13-11(7)18-6(4-22-13)5-23-14(9)18/h3,5H,2,4H2,1H3. The predicted molar refractivity (Wildman–Crippen MR) is 79.3 cm³/mol. The molecule has 8 heteroatoms. The number of ether oxygens (including phenoxy) is 2. The molecule has 1 aliphatic rings. The SMILES string of the molecule is CCOC(=O)c1c(=O)c2cc(F)c(F)c3c2n2c(csc12)CO3. The molecule has 1 aromatic carbocycles. The second-order valence-electron chi connectivity index (χ2n) is 4.98. The Balaban J connectivity index is 2.26. The maximum absolute atomic E-state index is 14.0. The lowest BCUT2D eigenvalue weighted by Crippen LogP contribution is -2.22. The maximum atomic E-state index is 14.0. The summed E-state index contributed by atoms with van der Waals surface area (Å²) in [6.45, 7) is 1.75. The highest BCUT2D eigenvalue weighted by Crippen LogP contribution is 2.37. The van der Waals surface area contributed by atoms with E-state index in [0.717, 1.165) is 17.4 Å². The van der Waals surface area contributed by atoms with Crippen molar-refractivity contribution < 1.29 is 23.0 Å². The number of aromatic nitrogens is 1. The van der Waals surface area contributed by atoms with E-state index in [2.05, 4.69) is 0 Å². The first-order valence-electron chi connectivity index (χ1n) is 6.81. The molecule has 0 amide bonds. The average Bonchev–Trinajstić information content (AvgIpc) is 2.94. The first-order valence-corrected chi connectivity index (χ1v) is 7.69. The fourth-order valence-electron chi connectivity index (χ4n) is 2.76. The Morgan fingerprint density at radius 3 is 3.00 bits per heavy atom. The third-order valence-corrected chi connectivity index (χ3v) is 4.70. The molecule has 4 rings (SSSR count). The molecule has 0 aliphatic carbocycles. The summed E-state index contributed by atoms with van der Waals surface area (Å²) in [5.74, 6) is -3.43. The van der Waals surface area contributed by atoms with Crippen molar-refractivity contribution >= 4 is 33.0 Å². The molecule has 0 bridgehead atoms. The van der Waals surface area contributed by atoms with Gasteiger partial charge in [-0.05, 0) is 13.0 Å². The van der Waals surface area contributed by atoms with E-state index in [4.69, 9.17) is 9.47 Å². The Morgan fingerprint density at radius 2 is 2.26 bits per heavy atom. The number of hydrogen-bond donors (Lipinski definition) is 0. The van der Waals surface area contributed by atoms with E-state index in [1.54, 1.807) is 16.7 Å². The fourth-order valence-corrected chi connectivity index (χ4v) is 3.78. The summed E-state index contributed by atoms with van der Waals surface area (Å²) in [6.07, 6.45) is 0. The van der Waals surface area contributed by atoms with Crippen LogP contribution in [0.5, 0.6) is 5.75 Å². The minimum absolute atomic E-state index is 0.0214. The van der Waals surface area contributed by atoms with Crippen molar-refractivity contribution in [1.82, 2.24) is 4.40 Å². The molecule has 1 aliphatic heterocycles. The smallest absolute Gasteiger partial charge is 0.345 e. The van der Waals surface area contributed by atoms with Crippen molar-refractivity contribution in [3.8, 4) is 5.75 Å². The van der Waals surface area contributed by atoms with E-state index >= 15 is 0 Å². The normalized spacial score (nSPS) is 12.8. The number of hydrogen-bond acceptors (Lipinski definition) is 5. The van der Waals surface area contributed by atoms with Crippen LogP contribution in [-0.4, -0.2) is 17.0 Å².